The van der Waals surface area contributed by atoms with Crippen molar-refractivity contribution in [2.45, 2.75) is 18.9 Å². The Morgan fingerprint density at radius 1 is 1.18 bits per heavy atom. The van der Waals surface area contributed by atoms with Crippen LogP contribution in [0.3, 0.4) is 0 Å². The first-order valence-electron chi connectivity index (χ1n) is 8.39. The number of carbonyl (C=O) groups is 2. The van der Waals surface area contributed by atoms with Crippen molar-refractivity contribution in [2.24, 2.45) is 0 Å². The van der Waals surface area contributed by atoms with Gasteiger partial charge in [-0.3, -0.25) is 19.7 Å². The summed E-state index contributed by atoms with van der Waals surface area (Å²) in [6.45, 7) is 0.114. The van der Waals surface area contributed by atoms with Gasteiger partial charge in [0.1, 0.15) is 17.4 Å². The molecule has 1 unspecified atom stereocenters. The quantitative estimate of drug-likeness (QED) is 0.360. The van der Waals surface area contributed by atoms with Crippen molar-refractivity contribution in [1.29, 1.82) is 5.26 Å². The Balaban J connectivity index is 2.22. The van der Waals surface area contributed by atoms with Gasteiger partial charge in [0.2, 0.25) is 5.91 Å². The lowest BCUT2D eigenvalue weighted by molar-refractivity contribution is -0.385. The molecule has 9 heteroatoms. The van der Waals surface area contributed by atoms with Crippen LogP contribution in [0.4, 0.5) is 5.69 Å². The number of phenols is 1. The number of hydrogen-bond acceptors (Lipinski definition) is 6. The van der Waals surface area contributed by atoms with E-state index in [1.165, 1.54) is 36.4 Å². The molecule has 0 saturated heterocycles. The fourth-order valence-corrected chi connectivity index (χ4v) is 2.50. The molecule has 0 radical (unpaired) electrons. The van der Waals surface area contributed by atoms with Crippen LogP contribution in [0.2, 0.25) is 0 Å². The lowest BCUT2D eigenvalue weighted by atomic mass is 10.0. The third kappa shape index (κ3) is 5.54. The van der Waals surface area contributed by atoms with Crippen molar-refractivity contribution >= 4 is 17.5 Å². The molecule has 0 aliphatic rings. The zero-order valence-corrected chi connectivity index (χ0v) is 14.8. The van der Waals surface area contributed by atoms with Gasteiger partial charge >= 0.3 is 0 Å². The number of nitrogens with one attached hydrogen (secondary N) is 2. The van der Waals surface area contributed by atoms with Gasteiger partial charge < -0.3 is 15.7 Å². The van der Waals surface area contributed by atoms with Crippen molar-refractivity contribution in [3.05, 3.63) is 69.8 Å². The summed E-state index contributed by atoms with van der Waals surface area (Å²) in [6.07, 6.45) is 0.209. The van der Waals surface area contributed by atoms with Crippen LogP contribution in [0.15, 0.2) is 48.5 Å². The molecule has 1 atom stereocenters. The average molecular weight is 382 g/mol. The third-order valence-electron chi connectivity index (χ3n) is 3.88. The lowest BCUT2D eigenvalue weighted by Gasteiger charge is -2.18. The fraction of sp³-hybridized carbons (Fsp3) is 0.211. The van der Waals surface area contributed by atoms with E-state index in [1.807, 2.05) is 6.07 Å². The first kappa shape index (κ1) is 20.4. The van der Waals surface area contributed by atoms with E-state index in [2.05, 4.69) is 10.6 Å². The number of carbonyl (C=O) groups excluding carboxylic acids is 2. The minimum atomic E-state index is -1.02. The summed E-state index contributed by atoms with van der Waals surface area (Å²) in [7, 11) is 0. The Kier molecular flexibility index (Phi) is 7.05. The molecule has 144 valence electrons. The maximum Gasteiger partial charge on any atom is 0.282 e. The van der Waals surface area contributed by atoms with Crippen LogP contribution in [0.1, 0.15) is 22.3 Å². The summed E-state index contributed by atoms with van der Waals surface area (Å²) in [5, 5.41) is 34.2. The number of nitro benzene ring substituents is 1. The van der Waals surface area contributed by atoms with Crippen molar-refractivity contribution in [1.82, 2.24) is 10.6 Å². The van der Waals surface area contributed by atoms with Crippen LogP contribution in [0, 0.1) is 21.4 Å². The van der Waals surface area contributed by atoms with Crippen LogP contribution >= 0.6 is 0 Å². The minimum Gasteiger partial charge on any atom is -0.508 e. The van der Waals surface area contributed by atoms with Crippen LogP contribution in [-0.2, 0) is 11.2 Å². The van der Waals surface area contributed by atoms with Crippen molar-refractivity contribution in [2.75, 3.05) is 6.54 Å². The van der Waals surface area contributed by atoms with Crippen LogP contribution in [0.5, 0.6) is 5.75 Å². The van der Waals surface area contributed by atoms with E-state index >= 15 is 0 Å². The maximum atomic E-state index is 12.6. The summed E-state index contributed by atoms with van der Waals surface area (Å²) in [6, 6.07) is 12.4. The Morgan fingerprint density at radius 2 is 1.86 bits per heavy atom. The van der Waals surface area contributed by atoms with E-state index in [0.29, 0.717) is 5.56 Å². The largest absolute Gasteiger partial charge is 0.508 e. The van der Waals surface area contributed by atoms with Crippen molar-refractivity contribution in [3.8, 4) is 11.8 Å². The highest BCUT2D eigenvalue weighted by Gasteiger charge is 2.25. The predicted octanol–water partition coefficient (Wildman–Crippen LogP) is 1.67. The van der Waals surface area contributed by atoms with E-state index in [9.17, 15) is 24.8 Å². The zero-order chi connectivity index (χ0) is 20.5. The molecule has 0 aromatic heterocycles. The van der Waals surface area contributed by atoms with Crippen LogP contribution in [0.25, 0.3) is 0 Å². The zero-order valence-electron chi connectivity index (χ0n) is 14.8. The number of nitriles is 1. The number of nitrogens with zero attached hydrogens (tertiary/aromatic N) is 2. The molecule has 0 bridgehead atoms. The van der Waals surface area contributed by atoms with Crippen molar-refractivity contribution < 1.29 is 19.6 Å². The predicted molar refractivity (Wildman–Crippen MR) is 99.4 cm³/mol. The Bertz CT molecular complexity index is 905. The third-order valence-corrected chi connectivity index (χ3v) is 3.88. The maximum absolute atomic E-state index is 12.6. The number of nitro groups is 1. The van der Waals surface area contributed by atoms with Gasteiger partial charge in [-0.25, -0.2) is 0 Å². The smallest absolute Gasteiger partial charge is 0.282 e. The normalized spacial score (nSPS) is 11.1. The molecule has 9 nitrogen and oxygen atoms in total. The van der Waals surface area contributed by atoms with Gasteiger partial charge in [0, 0.05) is 19.0 Å². The topological polar surface area (TPSA) is 145 Å². The molecule has 2 amide bonds. The highest BCUT2D eigenvalue weighted by molar-refractivity contribution is 6.00. The Labute approximate surface area is 160 Å². The first-order valence-corrected chi connectivity index (χ1v) is 8.39. The number of amides is 2. The molecule has 3 N–H and O–H groups in total. The molecule has 28 heavy (non-hydrogen) atoms. The summed E-state index contributed by atoms with van der Waals surface area (Å²) in [4.78, 5) is 35.5. The number of para-hydroxylation sites is 1. The second-order valence-corrected chi connectivity index (χ2v) is 5.87. The monoisotopic (exact) mass is 382 g/mol. The van der Waals surface area contributed by atoms with Gasteiger partial charge in [-0.2, -0.15) is 5.26 Å². The summed E-state index contributed by atoms with van der Waals surface area (Å²) < 4.78 is 0. The standard InChI is InChI=1S/C19H18N4O5/c20-10-3-11-21-19(26)16(12-13-6-8-14(24)9-7-13)22-18(25)15-4-1-2-5-17(15)23(27)28/h1-2,4-9,16,24H,3,11-12H2,(H,21,26)(H,22,25). The summed E-state index contributed by atoms with van der Waals surface area (Å²) >= 11 is 0. The molecular formula is C19H18N4O5. The average Bonchev–Trinajstić information content (AvgIpc) is 2.69. The summed E-state index contributed by atoms with van der Waals surface area (Å²) in [5.74, 6) is -1.22. The Hall–Kier alpha value is -3.93. The second kappa shape index (κ2) is 9.68. The first-order chi connectivity index (χ1) is 13.4. The van der Waals surface area contributed by atoms with Gasteiger partial charge in [-0.15, -0.1) is 0 Å². The molecule has 0 fully saturated rings. The number of hydrogen-bond donors (Lipinski definition) is 3. The molecule has 0 saturated carbocycles. The number of phenolic OH excluding ortho intramolecular Hbond substituents is 1. The molecule has 0 spiro atoms. The van der Waals surface area contributed by atoms with E-state index in [-0.39, 0.29) is 36.4 Å². The van der Waals surface area contributed by atoms with E-state index in [4.69, 9.17) is 5.26 Å². The molecule has 2 aromatic carbocycles. The molecule has 2 aromatic rings. The molecule has 0 aliphatic heterocycles. The van der Waals surface area contributed by atoms with Gasteiger partial charge in [0.15, 0.2) is 0 Å². The van der Waals surface area contributed by atoms with Crippen LogP contribution in [-0.4, -0.2) is 34.4 Å². The molecule has 0 aliphatic carbocycles. The highest BCUT2D eigenvalue weighted by atomic mass is 16.6. The fourth-order valence-electron chi connectivity index (χ4n) is 2.50. The number of benzene rings is 2. The van der Waals surface area contributed by atoms with Gasteiger partial charge in [0.05, 0.1) is 17.4 Å². The number of rotatable bonds is 8. The van der Waals surface area contributed by atoms with Gasteiger partial charge in [-0.1, -0.05) is 24.3 Å². The molecule has 2 rings (SSSR count). The van der Waals surface area contributed by atoms with Crippen molar-refractivity contribution in [3.63, 3.8) is 0 Å². The van der Waals surface area contributed by atoms with Crippen LogP contribution < -0.4 is 10.6 Å². The Morgan fingerprint density at radius 3 is 2.50 bits per heavy atom. The SMILES string of the molecule is N#CCCNC(=O)C(Cc1ccc(O)cc1)NC(=O)c1ccccc1[N+](=O)[O-]. The summed E-state index contributed by atoms with van der Waals surface area (Å²) in [5.41, 5.74) is 0.141. The molecular weight excluding hydrogens is 364 g/mol. The molecule has 0 heterocycles. The van der Waals surface area contributed by atoms with Gasteiger partial charge in [0.25, 0.3) is 11.6 Å². The lowest BCUT2D eigenvalue weighted by Crippen LogP contribution is -2.48. The number of aromatic hydroxyl groups is 1. The van der Waals surface area contributed by atoms with E-state index in [0.717, 1.165) is 0 Å². The van der Waals surface area contributed by atoms with Gasteiger partial charge in [-0.05, 0) is 23.8 Å². The van der Waals surface area contributed by atoms with E-state index < -0.39 is 22.8 Å². The minimum absolute atomic E-state index is 0.0581. The highest BCUT2D eigenvalue weighted by Crippen LogP contribution is 2.18. The second-order valence-electron chi connectivity index (χ2n) is 5.87. The van der Waals surface area contributed by atoms with E-state index in [1.54, 1.807) is 12.1 Å².